The molecule has 1 unspecified atom stereocenters. The van der Waals surface area contributed by atoms with Crippen molar-refractivity contribution < 1.29 is 19.1 Å². The lowest BCUT2D eigenvalue weighted by molar-refractivity contribution is -0.118. The van der Waals surface area contributed by atoms with Gasteiger partial charge in [-0.2, -0.15) is 0 Å². The van der Waals surface area contributed by atoms with E-state index >= 15 is 0 Å². The van der Waals surface area contributed by atoms with Gasteiger partial charge < -0.3 is 20.1 Å². The van der Waals surface area contributed by atoms with E-state index in [1.165, 1.54) is 11.8 Å². The minimum absolute atomic E-state index is 0.0810. The van der Waals surface area contributed by atoms with E-state index in [-0.39, 0.29) is 18.4 Å². The van der Waals surface area contributed by atoms with Crippen LogP contribution in [0.15, 0.2) is 114 Å². The van der Waals surface area contributed by atoms with Crippen molar-refractivity contribution in [1.82, 2.24) is 0 Å². The Balaban J connectivity index is 1.39. The second-order valence-corrected chi connectivity index (χ2v) is 9.21. The molecule has 0 bridgehead atoms. The lowest BCUT2D eigenvalue weighted by atomic mass is 10.1. The number of carbonyl (C=O) groups is 2. The molecule has 0 fully saturated rings. The van der Waals surface area contributed by atoms with Crippen molar-refractivity contribution in [3.05, 3.63) is 115 Å². The van der Waals surface area contributed by atoms with E-state index < -0.39 is 5.25 Å². The van der Waals surface area contributed by atoms with Crippen LogP contribution in [0.5, 0.6) is 11.5 Å². The molecule has 0 saturated carbocycles. The van der Waals surface area contributed by atoms with Crippen molar-refractivity contribution in [2.75, 3.05) is 23.8 Å². The summed E-state index contributed by atoms with van der Waals surface area (Å²) in [5.41, 5.74) is 2.25. The van der Waals surface area contributed by atoms with Gasteiger partial charge in [-0.05, 0) is 73.2 Å². The number of anilines is 2. The maximum absolute atomic E-state index is 13.3. The van der Waals surface area contributed by atoms with Gasteiger partial charge in [0, 0.05) is 16.3 Å². The Morgan fingerprint density at radius 1 is 0.703 bits per heavy atom. The van der Waals surface area contributed by atoms with E-state index in [0.29, 0.717) is 23.7 Å². The summed E-state index contributed by atoms with van der Waals surface area (Å²) in [6.07, 6.45) is 0. The van der Waals surface area contributed by atoms with E-state index in [0.717, 1.165) is 16.2 Å². The highest BCUT2D eigenvalue weighted by atomic mass is 32.2. The number of thioether (sulfide) groups is 1. The third kappa shape index (κ3) is 7.88. The first-order chi connectivity index (χ1) is 18.1. The average Bonchev–Trinajstić information content (AvgIpc) is 2.94. The molecular formula is C30H28N2O4S. The van der Waals surface area contributed by atoms with Crippen LogP contribution in [-0.4, -0.2) is 25.0 Å². The second-order valence-electron chi connectivity index (χ2n) is 8.03. The highest BCUT2D eigenvalue weighted by Gasteiger charge is 2.22. The fraction of sp³-hybridized carbons (Fsp3) is 0.133. The third-order valence-corrected chi connectivity index (χ3v) is 6.54. The zero-order valence-electron chi connectivity index (χ0n) is 20.4. The van der Waals surface area contributed by atoms with Gasteiger partial charge >= 0.3 is 0 Å². The largest absolute Gasteiger partial charge is 0.494 e. The summed E-state index contributed by atoms with van der Waals surface area (Å²) in [4.78, 5) is 26.4. The van der Waals surface area contributed by atoms with Crippen LogP contribution in [0.3, 0.4) is 0 Å². The second kappa shape index (κ2) is 13.2. The number of ether oxygens (including phenoxy) is 2. The number of amides is 2. The Morgan fingerprint density at radius 3 is 1.92 bits per heavy atom. The molecule has 4 aromatic rings. The summed E-state index contributed by atoms with van der Waals surface area (Å²) in [5.74, 6) is 1.02. The van der Waals surface area contributed by atoms with Gasteiger partial charge in [0.15, 0.2) is 6.61 Å². The molecule has 2 amide bonds. The summed E-state index contributed by atoms with van der Waals surface area (Å²) in [6, 6.07) is 33.6. The van der Waals surface area contributed by atoms with Gasteiger partial charge in [0.1, 0.15) is 16.7 Å². The van der Waals surface area contributed by atoms with Crippen molar-refractivity contribution in [3.63, 3.8) is 0 Å². The molecule has 4 rings (SSSR count). The van der Waals surface area contributed by atoms with Crippen LogP contribution in [0.2, 0.25) is 0 Å². The number of nitrogens with one attached hydrogen (secondary N) is 2. The zero-order valence-corrected chi connectivity index (χ0v) is 21.2. The quantitative estimate of drug-likeness (QED) is 0.222. The van der Waals surface area contributed by atoms with Gasteiger partial charge in [-0.1, -0.05) is 48.5 Å². The monoisotopic (exact) mass is 512 g/mol. The van der Waals surface area contributed by atoms with Crippen LogP contribution < -0.4 is 20.1 Å². The number of carbonyl (C=O) groups excluding carboxylic acids is 2. The highest BCUT2D eigenvalue weighted by molar-refractivity contribution is 8.00. The normalized spacial score (nSPS) is 11.3. The van der Waals surface area contributed by atoms with Crippen LogP contribution in [0.1, 0.15) is 17.7 Å². The molecule has 1 atom stereocenters. The molecule has 0 saturated heterocycles. The molecule has 0 aliphatic rings. The predicted octanol–water partition coefficient (Wildman–Crippen LogP) is 6.57. The van der Waals surface area contributed by atoms with E-state index in [1.807, 2.05) is 104 Å². The molecule has 0 aliphatic heterocycles. The SMILES string of the molecule is CCOc1ccc(NC(=O)C(Sc2ccc(NC(=O)COc3ccccc3)cc2)c2ccccc2)cc1. The Kier molecular flexibility index (Phi) is 9.21. The first kappa shape index (κ1) is 25.9. The van der Waals surface area contributed by atoms with Crippen LogP contribution in [0.25, 0.3) is 0 Å². The minimum Gasteiger partial charge on any atom is -0.494 e. The average molecular weight is 513 g/mol. The molecule has 0 spiro atoms. The number of hydrogen-bond acceptors (Lipinski definition) is 5. The first-order valence-corrected chi connectivity index (χ1v) is 12.8. The molecule has 0 radical (unpaired) electrons. The summed E-state index contributed by atoms with van der Waals surface area (Å²) in [6.45, 7) is 2.43. The number of rotatable bonds is 11. The van der Waals surface area contributed by atoms with Gasteiger partial charge in [-0.15, -0.1) is 11.8 Å². The Morgan fingerprint density at radius 2 is 1.27 bits per heavy atom. The van der Waals surface area contributed by atoms with E-state index in [1.54, 1.807) is 12.1 Å². The summed E-state index contributed by atoms with van der Waals surface area (Å²) in [5, 5.41) is 5.37. The molecule has 7 heteroatoms. The molecule has 0 heterocycles. The van der Waals surface area contributed by atoms with Crippen molar-refractivity contribution in [2.45, 2.75) is 17.1 Å². The first-order valence-electron chi connectivity index (χ1n) is 11.9. The van der Waals surface area contributed by atoms with Crippen molar-refractivity contribution in [2.24, 2.45) is 0 Å². The number of para-hydroxylation sites is 1. The standard InChI is InChI=1S/C30H28N2O4S/c1-2-35-26-17-13-24(14-18-26)32-30(34)29(22-9-5-3-6-10-22)37-27-19-15-23(16-20-27)31-28(33)21-36-25-11-7-4-8-12-25/h3-20,29H,2,21H2,1H3,(H,31,33)(H,32,34). The van der Waals surface area contributed by atoms with Gasteiger partial charge in [0.2, 0.25) is 5.91 Å². The minimum atomic E-state index is -0.465. The van der Waals surface area contributed by atoms with Crippen LogP contribution in [0.4, 0.5) is 11.4 Å². The number of hydrogen-bond donors (Lipinski definition) is 2. The van der Waals surface area contributed by atoms with Crippen molar-refractivity contribution >= 4 is 35.0 Å². The molecule has 37 heavy (non-hydrogen) atoms. The molecule has 4 aromatic carbocycles. The summed E-state index contributed by atoms with van der Waals surface area (Å²) < 4.78 is 11.0. The highest BCUT2D eigenvalue weighted by Crippen LogP contribution is 2.36. The molecule has 2 N–H and O–H groups in total. The molecule has 0 aliphatic carbocycles. The van der Waals surface area contributed by atoms with Crippen LogP contribution in [-0.2, 0) is 9.59 Å². The predicted molar refractivity (Wildman–Crippen MR) is 148 cm³/mol. The van der Waals surface area contributed by atoms with Crippen molar-refractivity contribution in [1.29, 1.82) is 0 Å². The maximum Gasteiger partial charge on any atom is 0.262 e. The molecular weight excluding hydrogens is 484 g/mol. The van der Waals surface area contributed by atoms with E-state index in [4.69, 9.17) is 9.47 Å². The van der Waals surface area contributed by atoms with Gasteiger partial charge in [0.25, 0.3) is 5.91 Å². The van der Waals surface area contributed by atoms with E-state index in [2.05, 4.69) is 10.6 Å². The van der Waals surface area contributed by atoms with Crippen molar-refractivity contribution in [3.8, 4) is 11.5 Å². The van der Waals surface area contributed by atoms with Gasteiger partial charge in [-0.25, -0.2) is 0 Å². The summed E-state index contributed by atoms with van der Waals surface area (Å²) in [7, 11) is 0. The molecule has 6 nitrogen and oxygen atoms in total. The van der Waals surface area contributed by atoms with Crippen LogP contribution >= 0.6 is 11.8 Å². The summed E-state index contributed by atoms with van der Waals surface area (Å²) >= 11 is 1.44. The maximum atomic E-state index is 13.3. The third-order valence-electron chi connectivity index (χ3n) is 5.28. The Hall–Kier alpha value is -4.23. The zero-order chi connectivity index (χ0) is 25.9. The van der Waals surface area contributed by atoms with Gasteiger partial charge in [0.05, 0.1) is 6.61 Å². The Bertz CT molecular complexity index is 1280. The fourth-order valence-corrected chi connectivity index (χ4v) is 4.55. The lowest BCUT2D eigenvalue weighted by Crippen LogP contribution is -2.20. The number of benzene rings is 4. The smallest absolute Gasteiger partial charge is 0.262 e. The lowest BCUT2D eigenvalue weighted by Gasteiger charge is -2.17. The van der Waals surface area contributed by atoms with Crippen LogP contribution in [0, 0.1) is 0 Å². The van der Waals surface area contributed by atoms with Gasteiger partial charge in [-0.3, -0.25) is 9.59 Å². The topological polar surface area (TPSA) is 76.7 Å². The fourth-order valence-electron chi connectivity index (χ4n) is 3.53. The molecule has 0 aromatic heterocycles. The van der Waals surface area contributed by atoms with E-state index in [9.17, 15) is 9.59 Å². The Labute approximate surface area is 221 Å². The molecule has 188 valence electrons.